The van der Waals surface area contributed by atoms with Crippen LogP contribution in [0.3, 0.4) is 0 Å². The molecule has 1 rings (SSSR count). The number of halogens is 2. The number of carbonyl (C=O) groups excluding carboxylic acids is 2. The second-order valence-corrected chi connectivity index (χ2v) is 3.63. The predicted molar refractivity (Wildman–Crippen MR) is 53.1 cm³/mol. The Morgan fingerprint density at radius 3 is 2.44 bits per heavy atom. The van der Waals surface area contributed by atoms with Crippen molar-refractivity contribution in [1.82, 2.24) is 15.1 Å². The molecule has 2 amide bonds. The van der Waals surface area contributed by atoms with Gasteiger partial charge >= 0.3 is 6.43 Å². The van der Waals surface area contributed by atoms with Crippen molar-refractivity contribution in [3.05, 3.63) is 0 Å². The van der Waals surface area contributed by atoms with Gasteiger partial charge in [-0.2, -0.15) is 8.78 Å². The van der Waals surface area contributed by atoms with E-state index in [0.29, 0.717) is 26.2 Å². The minimum atomic E-state index is -3.05. The first-order chi connectivity index (χ1) is 7.52. The smallest absolute Gasteiger partial charge is 0.315 e. The maximum absolute atomic E-state index is 12.0. The van der Waals surface area contributed by atoms with Gasteiger partial charge in [0.2, 0.25) is 5.91 Å². The summed E-state index contributed by atoms with van der Waals surface area (Å²) in [7, 11) is 1.20. The van der Waals surface area contributed by atoms with Crippen molar-refractivity contribution < 1.29 is 18.4 Å². The first-order valence-electron chi connectivity index (χ1n) is 5.04. The molecule has 0 unspecified atom stereocenters. The lowest BCUT2D eigenvalue weighted by Crippen LogP contribution is -2.50. The summed E-state index contributed by atoms with van der Waals surface area (Å²) in [4.78, 5) is 24.8. The van der Waals surface area contributed by atoms with Gasteiger partial charge in [0.25, 0.3) is 5.91 Å². The number of likely N-dealkylation sites (N-methyl/N-ethyl adjacent to an activating group) is 1. The van der Waals surface area contributed by atoms with Crippen LogP contribution in [0.2, 0.25) is 0 Å². The summed E-state index contributed by atoms with van der Waals surface area (Å²) in [5.41, 5.74) is 0. The Balaban J connectivity index is 2.40. The number of hydrogen-bond acceptors (Lipinski definition) is 3. The minimum absolute atomic E-state index is 0.289. The highest BCUT2D eigenvalue weighted by atomic mass is 19.3. The van der Waals surface area contributed by atoms with Gasteiger partial charge in [0.15, 0.2) is 0 Å². The third kappa shape index (κ3) is 3.41. The zero-order chi connectivity index (χ0) is 12.1. The van der Waals surface area contributed by atoms with E-state index in [1.54, 1.807) is 4.90 Å². The molecule has 5 nitrogen and oxygen atoms in total. The fraction of sp³-hybridized carbons (Fsp3) is 0.778. The Hall–Kier alpha value is -1.24. The van der Waals surface area contributed by atoms with Crippen molar-refractivity contribution in [3.63, 3.8) is 0 Å². The third-order valence-corrected chi connectivity index (χ3v) is 2.41. The molecule has 0 radical (unpaired) electrons. The molecule has 0 bridgehead atoms. The Labute approximate surface area is 92.4 Å². The van der Waals surface area contributed by atoms with Gasteiger partial charge in [0.1, 0.15) is 0 Å². The summed E-state index contributed by atoms with van der Waals surface area (Å²) in [5, 5.41) is 3.07. The predicted octanol–water partition coefficient (Wildman–Crippen LogP) is -0.858. The van der Waals surface area contributed by atoms with Crippen molar-refractivity contribution in [2.45, 2.75) is 6.43 Å². The Bertz CT molecular complexity index is 267. The molecule has 92 valence electrons. The molecule has 1 aliphatic heterocycles. The second-order valence-electron chi connectivity index (χ2n) is 3.63. The lowest BCUT2D eigenvalue weighted by molar-refractivity contribution is -0.146. The number of nitrogens with one attached hydrogen (secondary N) is 1. The van der Waals surface area contributed by atoms with Gasteiger partial charge < -0.3 is 15.1 Å². The number of piperazine rings is 1. The molecule has 1 N–H and O–H groups in total. The van der Waals surface area contributed by atoms with Gasteiger partial charge in [-0.3, -0.25) is 9.59 Å². The van der Waals surface area contributed by atoms with E-state index in [-0.39, 0.29) is 12.5 Å². The topological polar surface area (TPSA) is 52.7 Å². The maximum Gasteiger partial charge on any atom is 0.315 e. The van der Waals surface area contributed by atoms with Crippen molar-refractivity contribution in [2.24, 2.45) is 0 Å². The summed E-state index contributed by atoms with van der Waals surface area (Å²) in [5.74, 6) is -1.61. The molecule has 16 heavy (non-hydrogen) atoms. The number of carbonyl (C=O) groups is 2. The van der Waals surface area contributed by atoms with Crippen LogP contribution in [0, 0.1) is 0 Å². The quantitative estimate of drug-likeness (QED) is 0.692. The average Bonchev–Trinajstić information content (AvgIpc) is 2.28. The van der Waals surface area contributed by atoms with Crippen LogP contribution in [0.5, 0.6) is 0 Å². The van der Waals surface area contributed by atoms with E-state index in [0.717, 1.165) is 4.90 Å². The van der Waals surface area contributed by atoms with Gasteiger partial charge in [0, 0.05) is 33.2 Å². The number of alkyl halides is 2. The monoisotopic (exact) mass is 235 g/mol. The molecular weight excluding hydrogens is 220 g/mol. The van der Waals surface area contributed by atoms with Crippen molar-refractivity contribution in [1.29, 1.82) is 0 Å². The highest BCUT2D eigenvalue weighted by Gasteiger charge is 2.24. The van der Waals surface area contributed by atoms with Gasteiger partial charge in [-0.15, -0.1) is 0 Å². The summed E-state index contributed by atoms with van der Waals surface area (Å²) in [6.07, 6.45) is -3.05. The maximum atomic E-state index is 12.0. The first-order valence-corrected chi connectivity index (χ1v) is 5.04. The molecule has 0 saturated carbocycles. The van der Waals surface area contributed by atoms with Crippen LogP contribution in [0.25, 0.3) is 0 Å². The summed E-state index contributed by atoms with van der Waals surface area (Å²) >= 11 is 0. The lowest BCUT2D eigenvalue weighted by atomic mass is 10.3. The number of hydrogen-bond donors (Lipinski definition) is 1. The van der Waals surface area contributed by atoms with E-state index in [1.165, 1.54) is 7.05 Å². The molecule has 0 aliphatic carbocycles. The number of rotatable bonds is 3. The molecule has 1 fully saturated rings. The molecule has 1 heterocycles. The summed E-state index contributed by atoms with van der Waals surface area (Å²) in [6, 6.07) is 0. The van der Waals surface area contributed by atoms with Crippen molar-refractivity contribution >= 4 is 11.8 Å². The molecule has 7 heteroatoms. The standard InChI is InChI=1S/C9H15F2N3O2/c1-13(9(16)8(10)11)6-7(15)14-4-2-12-3-5-14/h8,12H,2-6H2,1H3. The second kappa shape index (κ2) is 5.74. The Morgan fingerprint density at radius 1 is 1.38 bits per heavy atom. The van der Waals surface area contributed by atoms with Crippen LogP contribution in [0.15, 0.2) is 0 Å². The van der Waals surface area contributed by atoms with E-state index in [1.807, 2.05) is 0 Å². The Kier molecular flexibility index (Phi) is 4.60. The molecule has 1 saturated heterocycles. The van der Waals surface area contributed by atoms with Crippen LogP contribution in [-0.2, 0) is 9.59 Å². The van der Waals surface area contributed by atoms with Crippen LogP contribution >= 0.6 is 0 Å². The summed E-state index contributed by atoms with van der Waals surface area (Å²) in [6.45, 7) is 2.20. The van der Waals surface area contributed by atoms with Gasteiger partial charge in [-0.25, -0.2) is 0 Å². The minimum Gasteiger partial charge on any atom is -0.339 e. The molecule has 0 atom stereocenters. The third-order valence-electron chi connectivity index (χ3n) is 2.41. The first kappa shape index (κ1) is 12.8. The fourth-order valence-electron chi connectivity index (χ4n) is 1.46. The van der Waals surface area contributed by atoms with Gasteiger partial charge in [-0.05, 0) is 0 Å². The molecule has 0 aromatic carbocycles. The van der Waals surface area contributed by atoms with Crippen LogP contribution < -0.4 is 5.32 Å². The van der Waals surface area contributed by atoms with E-state index in [4.69, 9.17) is 0 Å². The van der Waals surface area contributed by atoms with E-state index in [9.17, 15) is 18.4 Å². The molecular formula is C9H15F2N3O2. The lowest BCUT2D eigenvalue weighted by Gasteiger charge is -2.29. The zero-order valence-electron chi connectivity index (χ0n) is 9.08. The SMILES string of the molecule is CN(CC(=O)N1CCNCC1)C(=O)C(F)F. The fourth-order valence-corrected chi connectivity index (χ4v) is 1.46. The largest absolute Gasteiger partial charge is 0.339 e. The highest BCUT2D eigenvalue weighted by molar-refractivity contribution is 5.86. The normalized spacial score (nSPS) is 16.4. The van der Waals surface area contributed by atoms with Crippen LogP contribution in [0.4, 0.5) is 8.78 Å². The summed E-state index contributed by atoms with van der Waals surface area (Å²) < 4.78 is 24.1. The Morgan fingerprint density at radius 2 is 1.94 bits per heavy atom. The van der Waals surface area contributed by atoms with Crippen LogP contribution in [0.1, 0.15) is 0 Å². The molecule has 0 aromatic rings. The molecule has 0 spiro atoms. The number of nitrogens with zero attached hydrogens (tertiary/aromatic N) is 2. The average molecular weight is 235 g/mol. The van der Waals surface area contributed by atoms with Crippen molar-refractivity contribution in [2.75, 3.05) is 39.8 Å². The highest BCUT2D eigenvalue weighted by Crippen LogP contribution is 2.00. The van der Waals surface area contributed by atoms with E-state index >= 15 is 0 Å². The van der Waals surface area contributed by atoms with E-state index < -0.39 is 12.3 Å². The van der Waals surface area contributed by atoms with E-state index in [2.05, 4.69) is 5.32 Å². The zero-order valence-corrected chi connectivity index (χ0v) is 9.08. The van der Waals surface area contributed by atoms with Crippen LogP contribution in [-0.4, -0.2) is 67.8 Å². The molecule has 1 aliphatic rings. The van der Waals surface area contributed by atoms with Gasteiger partial charge in [-0.1, -0.05) is 0 Å². The van der Waals surface area contributed by atoms with Crippen molar-refractivity contribution in [3.8, 4) is 0 Å². The number of amides is 2. The molecule has 0 aromatic heterocycles. The van der Waals surface area contributed by atoms with Gasteiger partial charge in [0.05, 0.1) is 6.54 Å².